The standard InChI is InChI=1S/C17H17N3O3/c21-17(20-22)16-10-14-9-13(1-2-15(14)23-16)11-19-8-5-12-3-6-18-7-4-12/h1-4,6-7,9-10,19,22H,5,8,11H2,(H,20,21). The van der Waals surface area contributed by atoms with Gasteiger partial charge in [0.15, 0.2) is 5.76 Å². The molecule has 3 aromatic rings. The Labute approximate surface area is 133 Å². The zero-order valence-electron chi connectivity index (χ0n) is 12.5. The molecule has 0 saturated carbocycles. The Morgan fingerprint density at radius 1 is 1.13 bits per heavy atom. The molecule has 0 fully saturated rings. The van der Waals surface area contributed by atoms with Crippen LogP contribution in [0, 0.1) is 0 Å². The number of nitrogens with zero attached hydrogens (tertiary/aromatic N) is 1. The van der Waals surface area contributed by atoms with Crippen LogP contribution in [0.15, 0.2) is 53.2 Å². The Morgan fingerprint density at radius 2 is 1.96 bits per heavy atom. The molecular formula is C17H17N3O3. The number of fused-ring (bicyclic) bond motifs is 1. The van der Waals surface area contributed by atoms with E-state index in [1.807, 2.05) is 30.3 Å². The van der Waals surface area contributed by atoms with Gasteiger partial charge in [-0.05, 0) is 54.4 Å². The SMILES string of the molecule is O=C(NO)c1cc2cc(CNCCc3ccncc3)ccc2o1. The highest BCUT2D eigenvalue weighted by Gasteiger charge is 2.11. The minimum atomic E-state index is -0.654. The Bertz CT molecular complexity index is 799. The summed E-state index contributed by atoms with van der Waals surface area (Å²) < 4.78 is 5.36. The van der Waals surface area contributed by atoms with E-state index in [0.717, 1.165) is 30.5 Å². The molecule has 1 amide bonds. The lowest BCUT2D eigenvalue weighted by Crippen LogP contribution is -2.17. The van der Waals surface area contributed by atoms with Crippen LogP contribution in [0.5, 0.6) is 0 Å². The van der Waals surface area contributed by atoms with Crippen molar-refractivity contribution in [3.05, 3.63) is 65.7 Å². The number of nitrogens with one attached hydrogen (secondary N) is 2. The average Bonchev–Trinajstić information content (AvgIpc) is 3.02. The smallest absolute Gasteiger partial charge is 0.310 e. The number of carbonyl (C=O) groups is 1. The predicted molar refractivity (Wildman–Crippen MR) is 85.1 cm³/mol. The van der Waals surface area contributed by atoms with Crippen molar-refractivity contribution in [2.75, 3.05) is 6.54 Å². The summed E-state index contributed by atoms with van der Waals surface area (Å²) in [4.78, 5) is 15.3. The highest BCUT2D eigenvalue weighted by atomic mass is 16.5. The molecule has 118 valence electrons. The average molecular weight is 311 g/mol. The Hall–Kier alpha value is -2.70. The maximum Gasteiger partial charge on any atom is 0.310 e. The maximum atomic E-state index is 11.3. The van der Waals surface area contributed by atoms with Gasteiger partial charge in [-0.1, -0.05) is 6.07 Å². The van der Waals surface area contributed by atoms with Crippen LogP contribution in [0.1, 0.15) is 21.7 Å². The van der Waals surface area contributed by atoms with Crippen molar-refractivity contribution in [2.24, 2.45) is 0 Å². The monoisotopic (exact) mass is 311 g/mol. The molecule has 0 bridgehead atoms. The normalized spacial score (nSPS) is 10.8. The molecular weight excluding hydrogens is 294 g/mol. The van der Waals surface area contributed by atoms with Gasteiger partial charge in [0.1, 0.15) is 5.58 Å². The van der Waals surface area contributed by atoms with Crippen LogP contribution >= 0.6 is 0 Å². The van der Waals surface area contributed by atoms with Gasteiger partial charge in [-0.2, -0.15) is 0 Å². The first kappa shape index (κ1) is 15.2. The number of carbonyl (C=O) groups excluding carboxylic acids is 1. The molecule has 0 spiro atoms. The first-order valence-corrected chi connectivity index (χ1v) is 7.33. The van der Waals surface area contributed by atoms with Crippen LogP contribution < -0.4 is 10.8 Å². The number of hydrogen-bond donors (Lipinski definition) is 3. The van der Waals surface area contributed by atoms with E-state index in [1.54, 1.807) is 23.9 Å². The predicted octanol–water partition coefficient (Wildman–Crippen LogP) is 2.28. The van der Waals surface area contributed by atoms with Crippen molar-refractivity contribution in [3.8, 4) is 0 Å². The Morgan fingerprint density at radius 3 is 2.74 bits per heavy atom. The van der Waals surface area contributed by atoms with Crippen LogP contribution in [0.4, 0.5) is 0 Å². The molecule has 0 saturated heterocycles. The first-order valence-electron chi connectivity index (χ1n) is 7.33. The van der Waals surface area contributed by atoms with Crippen LogP contribution in [-0.4, -0.2) is 22.6 Å². The second kappa shape index (κ2) is 7.04. The second-order valence-corrected chi connectivity index (χ2v) is 5.21. The number of benzene rings is 1. The van der Waals surface area contributed by atoms with Crippen molar-refractivity contribution in [2.45, 2.75) is 13.0 Å². The topological polar surface area (TPSA) is 87.4 Å². The number of hydroxylamine groups is 1. The molecule has 0 aliphatic heterocycles. The van der Waals surface area contributed by atoms with E-state index in [-0.39, 0.29) is 5.76 Å². The molecule has 1 aromatic carbocycles. The summed E-state index contributed by atoms with van der Waals surface area (Å²) in [5.41, 5.74) is 4.53. The molecule has 3 rings (SSSR count). The molecule has 0 atom stereocenters. The molecule has 0 aliphatic carbocycles. The zero-order valence-corrected chi connectivity index (χ0v) is 12.5. The van der Waals surface area contributed by atoms with E-state index in [1.165, 1.54) is 5.56 Å². The summed E-state index contributed by atoms with van der Waals surface area (Å²) in [7, 11) is 0. The minimum Gasteiger partial charge on any atom is -0.451 e. The summed E-state index contributed by atoms with van der Waals surface area (Å²) in [5.74, 6) is -0.566. The third-order valence-electron chi connectivity index (χ3n) is 3.57. The zero-order chi connectivity index (χ0) is 16.1. The lowest BCUT2D eigenvalue weighted by atomic mass is 10.1. The van der Waals surface area contributed by atoms with Crippen molar-refractivity contribution in [1.29, 1.82) is 0 Å². The van der Waals surface area contributed by atoms with E-state index >= 15 is 0 Å². The molecule has 6 heteroatoms. The number of aromatic nitrogens is 1. The van der Waals surface area contributed by atoms with Crippen molar-refractivity contribution < 1.29 is 14.4 Å². The van der Waals surface area contributed by atoms with Gasteiger partial charge in [0.05, 0.1) is 0 Å². The van der Waals surface area contributed by atoms with Crippen molar-refractivity contribution >= 4 is 16.9 Å². The van der Waals surface area contributed by atoms with E-state index < -0.39 is 5.91 Å². The van der Waals surface area contributed by atoms with Gasteiger partial charge in [-0.25, -0.2) is 5.48 Å². The van der Waals surface area contributed by atoms with Gasteiger partial charge in [0.2, 0.25) is 0 Å². The number of hydrogen-bond acceptors (Lipinski definition) is 5. The minimum absolute atomic E-state index is 0.0882. The van der Waals surface area contributed by atoms with Gasteiger partial charge in [-0.15, -0.1) is 0 Å². The van der Waals surface area contributed by atoms with Crippen LogP contribution in [0.25, 0.3) is 11.0 Å². The van der Waals surface area contributed by atoms with Gasteiger partial charge < -0.3 is 9.73 Å². The largest absolute Gasteiger partial charge is 0.451 e. The number of amides is 1. The quantitative estimate of drug-likeness (QED) is 0.369. The van der Waals surface area contributed by atoms with E-state index in [0.29, 0.717) is 5.58 Å². The lowest BCUT2D eigenvalue weighted by Gasteiger charge is -2.05. The first-order chi connectivity index (χ1) is 11.3. The van der Waals surface area contributed by atoms with Gasteiger partial charge in [-0.3, -0.25) is 15.0 Å². The van der Waals surface area contributed by atoms with Gasteiger partial charge in [0, 0.05) is 24.3 Å². The molecule has 2 heterocycles. The number of pyridine rings is 1. The summed E-state index contributed by atoms with van der Waals surface area (Å²) in [6.45, 7) is 1.60. The van der Waals surface area contributed by atoms with E-state index in [2.05, 4.69) is 10.3 Å². The lowest BCUT2D eigenvalue weighted by molar-refractivity contribution is 0.0678. The van der Waals surface area contributed by atoms with Crippen LogP contribution in [0.3, 0.4) is 0 Å². The summed E-state index contributed by atoms with van der Waals surface area (Å²) in [6.07, 6.45) is 4.53. The summed E-state index contributed by atoms with van der Waals surface area (Å²) in [5, 5.41) is 12.8. The van der Waals surface area contributed by atoms with E-state index in [9.17, 15) is 4.79 Å². The third kappa shape index (κ3) is 3.74. The highest BCUT2D eigenvalue weighted by Crippen LogP contribution is 2.20. The molecule has 2 aromatic heterocycles. The van der Waals surface area contributed by atoms with Crippen LogP contribution in [0.2, 0.25) is 0 Å². The fourth-order valence-electron chi connectivity index (χ4n) is 2.38. The highest BCUT2D eigenvalue weighted by molar-refractivity contribution is 5.95. The van der Waals surface area contributed by atoms with Crippen molar-refractivity contribution in [3.63, 3.8) is 0 Å². The molecule has 3 N–H and O–H groups in total. The molecule has 0 unspecified atom stereocenters. The Balaban J connectivity index is 1.59. The molecule has 0 radical (unpaired) electrons. The summed E-state index contributed by atoms with van der Waals surface area (Å²) >= 11 is 0. The van der Waals surface area contributed by atoms with E-state index in [4.69, 9.17) is 9.62 Å². The number of rotatable bonds is 6. The third-order valence-corrected chi connectivity index (χ3v) is 3.57. The van der Waals surface area contributed by atoms with Gasteiger partial charge >= 0.3 is 5.91 Å². The van der Waals surface area contributed by atoms with Crippen LogP contribution in [-0.2, 0) is 13.0 Å². The molecule has 23 heavy (non-hydrogen) atoms. The number of furan rings is 1. The molecule has 6 nitrogen and oxygen atoms in total. The maximum absolute atomic E-state index is 11.3. The fourth-order valence-corrected chi connectivity index (χ4v) is 2.38. The molecule has 0 aliphatic rings. The fraction of sp³-hybridized carbons (Fsp3) is 0.176. The summed E-state index contributed by atoms with van der Waals surface area (Å²) in [6, 6.07) is 11.4. The van der Waals surface area contributed by atoms with Gasteiger partial charge in [0.25, 0.3) is 0 Å². The Kier molecular flexibility index (Phi) is 4.65. The second-order valence-electron chi connectivity index (χ2n) is 5.21. The van der Waals surface area contributed by atoms with Crippen molar-refractivity contribution in [1.82, 2.24) is 15.8 Å².